The first-order valence-electron chi connectivity index (χ1n) is 7.69. The summed E-state index contributed by atoms with van der Waals surface area (Å²) in [7, 11) is 1.65. The second-order valence-corrected chi connectivity index (χ2v) is 6.27. The van der Waals surface area contributed by atoms with E-state index < -0.39 is 5.41 Å². The quantitative estimate of drug-likeness (QED) is 0.810. The number of fused-ring (bicyclic) bond motifs is 6. The first-order chi connectivity index (χ1) is 10.7. The molecule has 2 aliphatic rings. The number of carbonyl (C=O) groups excluding carboxylic acids is 1. The lowest BCUT2D eigenvalue weighted by Gasteiger charge is -2.44. The smallest absolute Gasteiger partial charge is 0.143 e. The number of Topliss-reactive ketones (excluding diaryl/α,β-unsaturated/α-hetero) is 1. The molecule has 4 heteroatoms. The Labute approximate surface area is 129 Å². The zero-order valence-corrected chi connectivity index (χ0v) is 12.8. The highest BCUT2D eigenvalue weighted by Crippen LogP contribution is 2.54. The van der Waals surface area contributed by atoms with Gasteiger partial charge in [-0.15, -0.1) is 0 Å². The van der Waals surface area contributed by atoms with Gasteiger partial charge in [0.1, 0.15) is 11.5 Å². The van der Waals surface area contributed by atoms with Crippen molar-refractivity contribution in [3.05, 3.63) is 41.9 Å². The van der Waals surface area contributed by atoms with E-state index in [4.69, 9.17) is 4.74 Å². The van der Waals surface area contributed by atoms with Gasteiger partial charge in [0.2, 0.25) is 0 Å². The van der Waals surface area contributed by atoms with Gasteiger partial charge in [0.15, 0.2) is 0 Å². The molecule has 4 rings (SSSR count). The number of hydrogen-bond donors (Lipinski definition) is 0. The molecule has 0 spiro atoms. The van der Waals surface area contributed by atoms with Crippen LogP contribution in [-0.4, -0.2) is 22.9 Å². The van der Waals surface area contributed by atoms with E-state index in [0.717, 1.165) is 41.1 Å². The van der Waals surface area contributed by atoms with Crippen molar-refractivity contribution in [2.24, 2.45) is 0 Å². The summed E-state index contributed by atoms with van der Waals surface area (Å²) in [4.78, 5) is 22.0. The Kier molecular flexibility index (Phi) is 2.83. The Balaban J connectivity index is 2.06. The number of ether oxygens (including phenoxy) is 1. The van der Waals surface area contributed by atoms with Crippen molar-refractivity contribution in [2.75, 3.05) is 7.11 Å². The van der Waals surface area contributed by atoms with Crippen LogP contribution in [0.25, 0.3) is 11.3 Å². The Morgan fingerprint density at radius 1 is 1.27 bits per heavy atom. The number of carbonyl (C=O) groups is 1. The summed E-state index contributed by atoms with van der Waals surface area (Å²) in [6.07, 6.45) is 5.99. The van der Waals surface area contributed by atoms with Crippen LogP contribution in [0, 0.1) is 0 Å². The van der Waals surface area contributed by atoms with Gasteiger partial charge in [0.25, 0.3) is 0 Å². The zero-order chi connectivity index (χ0) is 15.3. The number of benzene rings is 1. The highest BCUT2D eigenvalue weighted by atomic mass is 16.5. The van der Waals surface area contributed by atoms with Crippen molar-refractivity contribution >= 4 is 5.78 Å². The fraction of sp³-hybridized carbons (Fsp3) is 0.389. The summed E-state index contributed by atoms with van der Waals surface area (Å²) < 4.78 is 5.38. The van der Waals surface area contributed by atoms with Gasteiger partial charge in [0.05, 0.1) is 23.9 Å². The van der Waals surface area contributed by atoms with E-state index in [-0.39, 0.29) is 5.92 Å². The molecule has 0 N–H and O–H groups in total. The lowest BCUT2D eigenvalue weighted by atomic mass is 9.58. The van der Waals surface area contributed by atoms with E-state index in [1.54, 1.807) is 19.5 Å². The molecular weight excluding hydrogens is 276 g/mol. The molecule has 1 heterocycles. The Morgan fingerprint density at radius 3 is 2.91 bits per heavy atom. The van der Waals surface area contributed by atoms with Crippen LogP contribution >= 0.6 is 0 Å². The van der Waals surface area contributed by atoms with Crippen molar-refractivity contribution in [3.63, 3.8) is 0 Å². The van der Waals surface area contributed by atoms with Gasteiger partial charge in [-0.3, -0.25) is 14.8 Å². The molecule has 1 aromatic carbocycles. The Morgan fingerprint density at radius 2 is 2.09 bits per heavy atom. The molecule has 112 valence electrons. The molecule has 1 fully saturated rings. The van der Waals surface area contributed by atoms with Crippen LogP contribution in [-0.2, 0) is 10.2 Å². The van der Waals surface area contributed by atoms with Gasteiger partial charge in [-0.25, -0.2) is 0 Å². The summed E-state index contributed by atoms with van der Waals surface area (Å²) >= 11 is 0. The van der Waals surface area contributed by atoms with E-state index in [2.05, 4.69) is 16.9 Å². The molecule has 2 atom stereocenters. The van der Waals surface area contributed by atoms with Crippen molar-refractivity contribution < 1.29 is 9.53 Å². The van der Waals surface area contributed by atoms with Crippen LogP contribution < -0.4 is 4.74 Å². The minimum Gasteiger partial charge on any atom is -0.497 e. The van der Waals surface area contributed by atoms with Crippen LogP contribution in [0.5, 0.6) is 5.75 Å². The third-order valence-corrected chi connectivity index (χ3v) is 5.27. The van der Waals surface area contributed by atoms with E-state index in [1.165, 1.54) is 0 Å². The van der Waals surface area contributed by atoms with E-state index in [0.29, 0.717) is 12.2 Å². The van der Waals surface area contributed by atoms with Crippen molar-refractivity contribution in [2.45, 2.75) is 37.5 Å². The predicted molar refractivity (Wildman–Crippen MR) is 83.0 cm³/mol. The molecule has 4 nitrogen and oxygen atoms in total. The van der Waals surface area contributed by atoms with Gasteiger partial charge in [-0.05, 0) is 43.5 Å². The molecule has 0 bridgehead atoms. The van der Waals surface area contributed by atoms with E-state index in [9.17, 15) is 4.79 Å². The van der Waals surface area contributed by atoms with Crippen LogP contribution in [0.4, 0.5) is 0 Å². The fourth-order valence-corrected chi connectivity index (χ4v) is 4.06. The molecule has 0 radical (unpaired) electrons. The summed E-state index contributed by atoms with van der Waals surface area (Å²) in [5, 5.41) is 0. The number of nitrogens with zero attached hydrogens (tertiary/aromatic N) is 2. The van der Waals surface area contributed by atoms with Gasteiger partial charge >= 0.3 is 0 Å². The minimum absolute atomic E-state index is 0.108. The highest BCUT2D eigenvalue weighted by molar-refractivity contribution is 5.96. The zero-order valence-electron chi connectivity index (χ0n) is 12.8. The number of methoxy groups -OCH3 is 1. The normalized spacial score (nSPS) is 25.9. The largest absolute Gasteiger partial charge is 0.497 e. The summed E-state index contributed by atoms with van der Waals surface area (Å²) in [6.45, 7) is 2.06. The SMILES string of the molecule is COc1ccc2c(c1)[C@]1(C)C(=O)CCC[C@H]1c1nccnc1-2. The number of ketones is 1. The molecule has 2 aromatic rings. The fourth-order valence-electron chi connectivity index (χ4n) is 4.06. The van der Waals surface area contributed by atoms with Gasteiger partial charge < -0.3 is 4.74 Å². The van der Waals surface area contributed by atoms with Gasteiger partial charge in [-0.1, -0.05) is 0 Å². The maximum absolute atomic E-state index is 12.8. The molecule has 1 aromatic heterocycles. The number of aromatic nitrogens is 2. The molecule has 2 aliphatic carbocycles. The first-order valence-corrected chi connectivity index (χ1v) is 7.69. The van der Waals surface area contributed by atoms with E-state index >= 15 is 0 Å². The van der Waals surface area contributed by atoms with Crippen LogP contribution in [0.2, 0.25) is 0 Å². The third kappa shape index (κ3) is 1.61. The molecule has 22 heavy (non-hydrogen) atoms. The standard InChI is InChI=1S/C18H18N2O2/c1-18-13(4-3-5-15(18)21)17-16(19-8-9-20-17)12-7-6-11(22-2)10-14(12)18/h6-10,13H,3-5H2,1-2H3/t13-,18+/m0/s1. The van der Waals surface area contributed by atoms with E-state index in [1.807, 2.05) is 18.2 Å². The summed E-state index contributed by atoms with van der Waals surface area (Å²) in [5.74, 6) is 1.19. The van der Waals surface area contributed by atoms with Crippen LogP contribution in [0.15, 0.2) is 30.6 Å². The predicted octanol–water partition coefficient (Wildman–Crippen LogP) is 3.26. The Bertz CT molecular complexity index is 771. The van der Waals surface area contributed by atoms with Crippen LogP contribution in [0.3, 0.4) is 0 Å². The van der Waals surface area contributed by atoms with Gasteiger partial charge in [-0.2, -0.15) is 0 Å². The lowest BCUT2D eigenvalue weighted by molar-refractivity contribution is -0.126. The van der Waals surface area contributed by atoms with Crippen molar-refractivity contribution in [3.8, 4) is 17.0 Å². The summed E-state index contributed by atoms with van der Waals surface area (Å²) in [5.41, 5.74) is 3.41. The summed E-state index contributed by atoms with van der Waals surface area (Å²) in [6, 6.07) is 5.93. The first kappa shape index (κ1) is 13.4. The molecule has 0 unspecified atom stereocenters. The topological polar surface area (TPSA) is 52.1 Å². The van der Waals surface area contributed by atoms with Crippen LogP contribution in [0.1, 0.15) is 43.4 Å². The highest BCUT2D eigenvalue weighted by Gasteiger charge is 2.51. The average Bonchev–Trinajstić information content (AvgIpc) is 2.56. The molecular formula is C18H18N2O2. The molecule has 1 saturated carbocycles. The maximum Gasteiger partial charge on any atom is 0.143 e. The average molecular weight is 294 g/mol. The molecule has 0 amide bonds. The maximum atomic E-state index is 12.8. The van der Waals surface area contributed by atoms with Crippen molar-refractivity contribution in [1.29, 1.82) is 0 Å². The lowest BCUT2D eigenvalue weighted by Crippen LogP contribution is -2.45. The number of rotatable bonds is 1. The monoisotopic (exact) mass is 294 g/mol. The minimum atomic E-state index is -0.523. The van der Waals surface area contributed by atoms with Crippen molar-refractivity contribution in [1.82, 2.24) is 9.97 Å². The Hall–Kier alpha value is -2.23. The van der Waals surface area contributed by atoms with Gasteiger partial charge in [0, 0.05) is 30.3 Å². The second-order valence-electron chi connectivity index (χ2n) is 6.27. The second kappa shape index (κ2) is 4.63. The molecule has 0 saturated heterocycles. The third-order valence-electron chi connectivity index (χ3n) is 5.27. The molecule has 0 aliphatic heterocycles. The number of hydrogen-bond acceptors (Lipinski definition) is 4.